The van der Waals surface area contributed by atoms with Gasteiger partial charge in [-0.05, 0) is 12.5 Å². The fourth-order valence-corrected chi connectivity index (χ4v) is 2.93. The van der Waals surface area contributed by atoms with Crippen molar-refractivity contribution < 1.29 is 24.0 Å². The Kier molecular flexibility index (Phi) is 4.68. The van der Waals surface area contributed by atoms with Crippen LogP contribution < -0.4 is 0 Å². The van der Waals surface area contributed by atoms with E-state index in [-0.39, 0.29) is 6.42 Å². The summed E-state index contributed by atoms with van der Waals surface area (Å²) in [6, 6.07) is 6.82. The van der Waals surface area contributed by atoms with Gasteiger partial charge in [-0.15, -0.1) is 0 Å². The topological polar surface area (TPSA) is 107 Å². The zero-order valence-electron chi connectivity index (χ0n) is 13.6. The van der Waals surface area contributed by atoms with Crippen molar-refractivity contribution in [1.29, 1.82) is 0 Å². The Morgan fingerprint density at radius 1 is 1.38 bits per heavy atom. The van der Waals surface area contributed by atoms with Gasteiger partial charge in [-0.1, -0.05) is 29.8 Å². The van der Waals surface area contributed by atoms with E-state index in [4.69, 9.17) is 0 Å². The molecule has 1 aliphatic rings. The molecule has 1 heterocycles. The Hall–Kier alpha value is -2.77. The highest BCUT2D eigenvalue weighted by atomic mass is 16.6. The molecule has 2 atom stereocenters. The fourth-order valence-electron chi connectivity index (χ4n) is 2.93. The number of rotatable bonds is 5. The summed E-state index contributed by atoms with van der Waals surface area (Å²) in [7, 11) is 2.28. The molecule has 2 rings (SSSR count). The van der Waals surface area contributed by atoms with Gasteiger partial charge in [-0.2, -0.15) is 0 Å². The van der Waals surface area contributed by atoms with Crippen molar-refractivity contribution in [1.82, 2.24) is 4.90 Å². The van der Waals surface area contributed by atoms with E-state index in [1.807, 2.05) is 6.92 Å². The summed E-state index contributed by atoms with van der Waals surface area (Å²) in [5, 5.41) is 11.9. The molecule has 128 valence electrons. The van der Waals surface area contributed by atoms with E-state index in [2.05, 4.69) is 4.74 Å². The summed E-state index contributed by atoms with van der Waals surface area (Å²) in [6.07, 6.45) is -0.720. The van der Waals surface area contributed by atoms with Crippen LogP contribution in [0.15, 0.2) is 24.3 Å². The first-order valence-corrected chi connectivity index (χ1v) is 7.33. The number of nitrogens with zero attached hydrogens (tertiary/aromatic N) is 2. The van der Waals surface area contributed by atoms with Crippen molar-refractivity contribution in [3.63, 3.8) is 0 Å². The van der Waals surface area contributed by atoms with E-state index in [0.717, 1.165) is 17.6 Å². The molecule has 8 nitrogen and oxygen atoms in total. The van der Waals surface area contributed by atoms with Crippen LogP contribution in [0.1, 0.15) is 17.5 Å². The lowest BCUT2D eigenvalue weighted by atomic mass is 9.78. The van der Waals surface area contributed by atoms with Gasteiger partial charge in [-0.3, -0.25) is 24.6 Å². The smallest absolute Gasteiger partial charge is 0.385 e. The van der Waals surface area contributed by atoms with Crippen molar-refractivity contribution in [2.75, 3.05) is 14.2 Å². The highest BCUT2D eigenvalue weighted by molar-refractivity contribution is 6.06. The molecule has 1 saturated heterocycles. The Balaban J connectivity index is 2.54. The number of carbonyl (C=O) groups excluding carboxylic acids is 3. The van der Waals surface area contributed by atoms with Crippen LogP contribution in [0, 0.1) is 23.0 Å². The predicted molar refractivity (Wildman–Crippen MR) is 82.5 cm³/mol. The summed E-state index contributed by atoms with van der Waals surface area (Å²) >= 11 is 0. The molecular weight excluding hydrogens is 316 g/mol. The maximum absolute atomic E-state index is 12.3. The summed E-state index contributed by atoms with van der Waals surface area (Å²) < 4.78 is 4.64. The molecular formula is C16H18N2O6. The molecule has 0 radical (unpaired) electrons. The third kappa shape index (κ3) is 2.75. The molecule has 8 heteroatoms. The maximum atomic E-state index is 12.3. The van der Waals surface area contributed by atoms with E-state index in [1.54, 1.807) is 24.3 Å². The van der Waals surface area contributed by atoms with Gasteiger partial charge < -0.3 is 4.74 Å². The maximum Gasteiger partial charge on any atom is 0.385 e. The summed E-state index contributed by atoms with van der Waals surface area (Å²) in [5.41, 5.74) is -0.866. The third-order valence-electron chi connectivity index (χ3n) is 4.42. The van der Waals surface area contributed by atoms with Crippen LogP contribution in [0.25, 0.3) is 0 Å². The van der Waals surface area contributed by atoms with Gasteiger partial charge in [0.05, 0.1) is 13.5 Å². The molecule has 2 amide bonds. The number of hydrogen-bond acceptors (Lipinski definition) is 6. The van der Waals surface area contributed by atoms with Crippen molar-refractivity contribution in [2.45, 2.75) is 25.3 Å². The van der Waals surface area contributed by atoms with E-state index >= 15 is 0 Å². The molecule has 24 heavy (non-hydrogen) atoms. The third-order valence-corrected chi connectivity index (χ3v) is 4.42. The molecule has 1 fully saturated rings. The standard InChI is InChI=1S/C16H18N2O6/c1-10-4-6-11(7-5-10)9-16(18(22)23,15(21)24-3)12-8-13(19)17(2)14(12)20/h4-7,12H,8-9H2,1-3H3/t12-,16+/m1/s1. The normalized spacial score (nSPS) is 20.0. The van der Waals surface area contributed by atoms with Crippen molar-refractivity contribution in [2.24, 2.45) is 5.92 Å². The van der Waals surface area contributed by atoms with Gasteiger partial charge in [0.25, 0.3) is 0 Å². The summed E-state index contributed by atoms with van der Waals surface area (Å²) in [5.74, 6) is -3.81. The Bertz CT molecular complexity index is 699. The van der Waals surface area contributed by atoms with Gasteiger partial charge in [0.1, 0.15) is 5.92 Å². The van der Waals surface area contributed by atoms with E-state index < -0.39 is 40.6 Å². The van der Waals surface area contributed by atoms with Gasteiger partial charge in [0, 0.05) is 18.4 Å². The molecule has 1 aromatic carbocycles. The zero-order chi connectivity index (χ0) is 18.1. The number of methoxy groups -OCH3 is 1. The van der Waals surface area contributed by atoms with E-state index in [1.165, 1.54) is 7.05 Å². The number of benzene rings is 1. The minimum absolute atomic E-state index is 0.329. The number of aryl methyl sites for hydroxylation is 1. The molecule has 0 bridgehead atoms. The average Bonchev–Trinajstić information content (AvgIpc) is 2.81. The fraction of sp³-hybridized carbons (Fsp3) is 0.438. The zero-order valence-corrected chi connectivity index (χ0v) is 13.6. The highest BCUT2D eigenvalue weighted by Crippen LogP contribution is 2.35. The number of likely N-dealkylation sites (tertiary alicyclic amines) is 1. The molecule has 0 unspecified atom stereocenters. The number of carbonyl (C=O) groups is 3. The number of esters is 1. The minimum Gasteiger partial charge on any atom is -0.464 e. The minimum atomic E-state index is -2.33. The second-order valence-corrected chi connectivity index (χ2v) is 5.88. The SMILES string of the molecule is COC(=O)[C@](Cc1ccc(C)cc1)([C@@H]1CC(=O)N(C)C1=O)[N+](=O)[O-]. The molecule has 1 aliphatic heterocycles. The van der Waals surface area contributed by atoms with Crippen LogP contribution in [-0.4, -0.2) is 47.3 Å². The summed E-state index contributed by atoms with van der Waals surface area (Å²) in [4.78, 5) is 48.4. The lowest BCUT2D eigenvalue weighted by Gasteiger charge is -2.26. The van der Waals surface area contributed by atoms with Crippen LogP contribution in [0.4, 0.5) is 0 Å². The first-order valence-electron chi connectivity index (χ1n) is 7.33. The van der Waals surface area contributed by atoms with Crippen LogP contribution in [-0.2, 0) is 25.5 Å². The molecule has 0 aliphatic carbocycles. The number of nitro groups is 1. The van der Waals surface area contributed by atoms with E-state index in [9.17, 15) is 24.5 Å². The van der Waals surface area contributed by atoms with Crippen LogP contribution in [0.5, 0.6) is 0 Å². The van der Waals surface area contributed by atoms with Gasteiger partial charge in [-0.25, -0.2) is 4.79 Å². The Morgan fingerprint density at radius 3 is 2.38 bits per heavy atom. The largest absolute Gasteiger partial charge is 0.464 e. The second kappa shape index (κ2) is 6.38. The van der Waals surface area contributed by atoms with Crippen molar-refractivity contribution >= 4 is 17.8 Å². The molecule has 1 aromatic rings. The number of ether oxygens (including phenoxy) is 1. The van der Waals surface area contributed by atoms with E-state index in [0.29, 0.717) is 5.56 Å². The monoisotopic (exact) mass is 334 g/mol. The molecule has 0 spiro atoms. The van der Waals surface area contributed by atoms with Crippen LogP contribution in [0.3, 0.4) is 0 Å². The van der Waals surface area contributed by atoms with Crippen LogP contribution >= 0.6 is 0 Å². The lowest BCUT2D eigenvalue weighted by Crippen LogP contribution is -2.57. The van der Waals surface area contributed by atoms with Gasteiger partial charge >= 0.3 is 11.5 Å². The predicted octanol–water partition coefficient (Wildman–Crippen LogP) is 0.731. The Morgan fingerprint density at radius 2 is 1.96 bits per heavy atom. The van der Waals surface area contributed by atoms with Crippen molar-refractivity contribution in [3.05, 3.63) is 45.5 Å². The Labute approximate surface area is 138 Å². The average molecular weight is 334 g/mol. The quantitative estimate of drug-likeness (QED) is 0.340. The first-order chi connectivity index (χ1) is 11.2. The van der Waals surface area contributed by atoms with Gasteiger partial charge in [0.15, 0.2) is 0 Å². The summed E-state index contributed by atoms with van der Waals surface area (Å²) in [6.45, 7) is 1.86. The molecule has 0 saturated carbocycles. The van der Waals surface area contributed by atoms with Crippen molar-refractivity contribution in [3.8, 4) is 0 Å². The lowest BCUT2D eigenvalue weighted by molar-refractivity contribution is -0.562. The number of imide groups is 1. The van der Waals surface area contributed by atoms with Crippen LogP contribution in [0.2, 0.25) is 0 Å². The second-order valence-electron chi connectivity index (χ2n) is 5.88. The van der Waals surface area contributed by atoms with Gasteiger partial charge in [0.2, 0.25) is 11.8 Å². The number of amides is 2. The highest BCUT2D eigenvalue weighted by Gasteiger charge is 2.65. The molecule has 0 aromatic heterocycles. The molecule has 0 N–H and O–H groups in total. The first kappa shape index (κ1) is 17.6. The number of hydrogen-bond donors (Lipinski definition) is 0.